The Bertz CT molecular complexity index is 1210. The number of aromatic nitrogens is 3. The van der Waals surface area contributed by atoms with Gasteiger partial charge in [0.1, 0.15) is 5.82 Å². The molecule has 1 aliphatic rings. The van der Waals surface area contributed by atoms with Crippen LogP contribution in [-0.2, 0) is 11.2 Å². The number of rotatable bonds is 2. The SMILES string of the molecule is O=C1Cc2cc(-c3c(-c4ccc(F)cc4)nc4c(F)nccn34)ccc2N1. The third-order valence-electron chi connectivity index (χ3n) is 4.62. The van der Waals surface area contributed by atoms with Gasteiger partial charge in [-0.05, 0) is 42.0 Å². The van der Waals surface area contributed by atoms with Crippen LogP contribution in [0.2, 0.25) is 0 Å². The van der Waals surface area contributed by atoms with Gasteiger partial charge in [-0.1, -0.05) is 6.07 Å². The number of benzene rings is 2. The van der Waals surface area contributed by atoms with E-state index >= 15 is 0 Å². The van der Waals surface area contributed by atoms with Crippen molar-refractivity contribution in [2.24, 2.45) is 0 Å². The van der Waals surface area contributed by atoms with Gasteiger partial charge in [0.15, 0.2) is 5.65 Å². The van der Waals surface area contributed by atoms with Crippen molar-refractivity contribution >= 4 is 17.2 Å². The lowest BCUT2D eigenvalue weighted by molar-refractivity contribution is -0.115. The van der Waals surface area contributed by atoms with Crippen molar-refractivity contribution in [2.75, 3.05) is 5.32 Å². The summed E-state index contributed by atoms with van der Waals surface area (Å²) >= 11 is 0. The number of halogens is 2. The van der Waals surface area contributed by atoms with Crippen molar-refractivity contribution in [3.63, 3.8) is 0 Å². The van der Waals surface area contributed by atoms with Crippen LogP contribution in [0.5, 0.6) is 0 Å². The molecule has 4 aromatic rings. The number of hydrogen-bond donors (Lipinski definition) is 1. The largest absolute Gasteiger partial charge is 0.326 e. The Morgan fingerprint density at radius 2 is 1.81 bits per heavy atom. The summed E-state index contributed by atoms with van der Waals surface area (Å²) in [5.41, 5.74) is 4.33. The van der Waals surface area contributed by atoms with Gasteiger partial charge in [0, 0.05) is 29.2 Å². The zero-order chi connectivity index (χ0) is 18.5. The second-order valence-corrected chi connectivity index (χ2v) is 6.32. The van der Waals surface area contributed by atoms with Crippen LogP contribution in [0.15, 0.2) is 54.9 Å². The van der Waals surface area contributed by atoms with Gasteiger partial charge in [0.25, 0.3) is 5.95 Å². The minimum absolute atomic E-state index is 0.0608. The van der Waals surface area contributed by atoms with Crippen LogP contribution < -0.4 is 5.32 Å². The fourth-order valence-electron chi connectivity index (χ4n) is 3.41. The molecule has 1 N–H and O–H groups in total. The molecule has 5 nitrogen and oxygen atoms in total. The lowest BCUT2D eigenvalue weighted by atomic mass is 10.0. The highest BCUT2D eigenvalue weighted by Crippen LogP contribution is 2.36. The Labute approximate surface area is 152 Å². The van der Waals surface area contributed by atoms with E-state index in [0.717, 1.165) is 16.8 Å². The minimum Gasteiger partial charge on any atom is -0.326 e. The summed E-state index contributed by atoms with van der Waals surface area (Å²) < 4.78 is 29.2. The second-order valence-electron chi connectivity index (χ2n) is 6.32. The lowest BCUT2D eigenvalue weighted by Gasteiger charge is -2.08. The molecule has 2 aromatic carbocycles. The first-order chi connectivity index (χ1) is 13.1. The normalized spacial score (nSPS) is 13.0. The first kappa shape index (κ1) is 15.6. The van der Waals surface area contributed by atoms with Crippen LogP contribution in [0, 0.1) is 11.8 Å². The van der Waals surface area contributed by atoms with E-state index < -0.39 is 5.95 Å². The Morgan fingerprint density at radius 1 is 1.04 bits per heavy atom. The van der Waals surface area contributed by atoms with Crippen LogP contribution in [0.1, 0.15) is 5.56 Å². The number of amides is 1. The second kappa shape index (κ2) is 5.70. The first-order valence-corrected chi connectivity index (χ1v) is 8.32. The Kier molecular flexibility index (Phi) is 3.30. The van der Waals surface area contributed by atoms with Crippen LogP contribution in [0.3, 0.4) is 0 Å². The monoisotopic (exact) mass is 362 g/mol. The predicted octanol–water partition coefficient (Wildman–Crippen LogP) is 3.84. The van der Waals surface area contributed by atoms with Crippen LogP contribution in [-0.4, -0.2) is 20.3 Å². The molecule has 0 bridgehead atoms. The van der Waals surface area contributed by atoms with Crippen LogP contribution in [0.4, 0.5) is 14.5 Å². The molecule has 0 radical (unpaired) electrons. The van der Waals surface area contributed by atoms with Gasteiger partial charge in [-0.15, -0.1) is 0 Å². The van der Waals surface area contributed by atoms with Gasteiger partial charge >= 0.3 is 0 Å². The van der Waals surface area contributed by atoms with E-state index in [1.807, 2.05) is 18.2 Å². The number of carbonyl (C=O) groups excluding carboxylic acids is 1. The van der Waals surface area contributed by atoms with Crippen molar-refractivity contribution in [1.29, 1.82) is 0 Å². The molecule has 7 heteroatoms. The number of hydrogen-bond acceptors (Lipinski definition) is 3. The summed E-state index contributed by atoms with van der Waals surface area (Å²) in [6.07, 6.45) is 3.28. The number of carbonyl (C=O) groups is 1. The van der Waals surface area contributed by atoms with E-state index in [1.54, 1.807) is 22.7 Å². The maximum atomic E-state index is 14.2. The van der Waals surface area contributed by atoms with Crippen LogP contribution in [0.25, 0.3) is 28.2 Å². The molecule has 2 aromatic heterocycles. The number of nitrogens with zero attached hydrogens (tertiary/aromatic N) is 3. The molecule has 1 amide bonds. The van der Waals surface area contributed by atoms with E-state index in [2.05, 4.69) is 15.3 Å². The molecule has 0 fully saturated rings. The van der Waals surface area contributed by atoms with Gasteiger partial charge in [-0.2, -0.15) is 4.39 Å². The maximum Gasteiger partial charge on any atom is 0.256 e. The molecule has 0 saturated heterocycles. The molecule has 5 rings (SSSR count). The van der Waals surface area contributed by atoms with Crippen LogP contribution >= 0.6 is 0 Å². The quantitative estimate of drug-likeness (QED) is 0.589. The Morgan fingerprint density at radius 3 is 2.63 bits per heavy atom. The summed E-state index contributed by atoms with van der Waals surface area (Å²) in [7, 11) is 0. The Hall–Kier alpha value is -3.61. The molecule has 0 spiro atoms. The average molecular weight is 362 g/mol. The fraction of sp³-hybridized carbons (Fsp3) is 0.0500. The molecule has 0 aliphatic carbocycles. The molecule has 0 atom stereocenters. The number of nitrogens with one attached hydrogen (secondary N) is 1. The van der Waals surface area contributed by atoms with Crippen molar-refractivity contribution in [3.05, 3.63) is 72.2 Å². The highest BCUT2D eigenvalue weighted by atomic mass is 19.1. The number of fused-ring (bicyclic) bond motifs is 2. The van der Waals surface area contributed by atoms with Crippen molar-refractivity contribution in [1.82, 2.24) is 14.4 Å². The summed E-state index contributed by atoms with van der Waals surface area (Å²) in [5.74, 6) is -1.11. The molecule has 0 saturated carbocycles. The standard InChI is InChI=1S/C20H12F2N4O/c21-14-4-1-11(2-5-14)17-18(26-8-7-23-19(22)20(26)25-17)12-3-6-15-13(9-12)10-16(27)24-15/h1-9H,10H2,(H,24,27). The third-order valence-corrected chi connectivity index (χ3v) is 4.62. The molecule has 27 heavy (non-hydrogen) atoms. The molecular formula is C20H12F2N4O. The zero-order valence-corrected chi connectivity index (χ0v) is 13.9. The summed E-state index contributed by atoms with van der Waals surface area (Å²) in [6.45, 7) is 0. The number of anilines is 1. The highest BCUT2D eigenvalue weighted by Gasteiger charge is 2.22. The summed E-state index contributed by atoms with van der Waals surface area (Å²) in [4.78, 5) is 19.7. The van der Waals surface area contributed by atoms with E-state index in [0.29, 0.717) is 23.4 Å². The van der Waals surface area contributed by atoms with Gasteiger partial charge in [-0.3, -0.25) is 9.20 Å². The average Bonchev–Trinajstić information content (AvgIpc) is 3.22. The number of imidazole rings is 1. The molecule has 1 aliphatic heterocycles. The Balaban J connectivity index is 1.79. The predicted molar refractivity (Wildman–Crippen MR) is 96.1 cm³/mol. The molecular weight excluding hydrogens is 350 g/mol. The van der Waals surface area contributed by atoms with Gasteiger partial charge in [0.2, 0.25) is 5.91 Å². The topological polar surface area (TPSA) is 59.3 Å². The zero-order valence-electron chi connectivity index (χ0n) is 13.9. The molecule has 3 heterocycles. The van der Waals surface area contributed by atoms with E-state index in [1.165, 1.54) is 18.3 Å². The smallest absolute Gasteiger partial charge is 0.256 e. The van der Waals surface area contributed by atoms with E-state index in [9.17, 15) is 13.6 Å². The van der Waals surface area contributed by atoms with Gasteiger partial charge in [0.05, 0.1) is 17.8 Å². The van der Waals surface area contributed by atoms with Crippen molar-refractivity contribution in [3.8, 4) is 22.5 Å². The summed E-state index contributed by atoms with van der Waals surface area (Å²) in [6, 6.07) is 11.4. The molecule has 132 valence electrons. The fourth-order valence-corrected chi connectivity index (χ4v) is 3.41. The minimum atomic E-state index is -0.690. The highest BCUT2D eigenvalue weighted by molar-refractivity contribution is 6.00. The molecule has 0 unspecified atom stereocenters. The first-order valence-electron chi connectivity index (χ1n) is 8.32. The van der Waals surface area contributed by atoms with Crippen molar-refractivity contribution < 1.29 is 13.6 Å². The van der Waals surface area contributed by atoms with E-state index in [4.69, 9.17) is 0 Å². The van der Waals surface area contributed by atoms with E-state index in [-0.39, 0.29) is 17.4 Å². The maximum absolute atomic E-state index is 14.2. The summed E-state index contributed by atoms with van der Waals surface area (Å²) in [5, 5.41) is 2.80. The lowest BCUT2D eigenvalue weighted by Crippen LogP contribution is -2.03. The third kappa shape index (κ3) is 2.47. The van der Waals surface area contributed by atoms with Crippen molar-refractivity contribution in [2.45, 2.75) is 6.42 Å². The van der Waals surface area contributed by atoms with Gasteiger partial charge < -0.3 is 5.32 Å². The van der Waals surface area contributed by atoms with Gasteiger partial charge in [-0.25, -0.2) is 14.4 Å².